The minimum absolute atomic E-state index is 0.199. The van der Waals surface area contributed by atoms with Gasteiger partial charge in [-0.15, -0.1) is 0 Å². The second kappa shape index (κ2) is 11.0. The van der Waals surface area contributed by atoms with Gasteiger partial charge in [0.1, 0.15) is 11.5 Å². The summed E-state index contributed by atoms with van der Waals surface area (Å²) in [5, 5.41) is 2.92. The Morgan fingerprint density at radius 2 is 1.81 bits per heavy atom. The molecule has 1 N–H and O–H groups in total. The van der Waals surface area contributed by atoms with Gasteiger partial charge < -0.3 is 14.8 Å². The maximum absolute atomic E-state index is 12.7. The smallest absolute Gasteiger partial charge is 0.259 e. The van der Waals surface area contributed by atoms with Crippen LogP contribution in [0, 0.1) is 5.92 Å². The van der Waals surface area contributed by atoms with Crippen LogP contribution in [0.25, 0.3) is 0 Å². The van der Waals surface area contributed by atoms with E-state index in [0.29, 0.717) is 30.4 Å². The van der Waals surface area contributed by atoms with E-state index in [-0.39, 0.29) is 5.91 Å². The van der Waals surface area contributed by atoms with E-state index in [1.807, 2.05) is 36.4 Å². The molecule has 146 valence electrons. The molecule has 0 unspecified atom stereocenters. The molecule has 0 spiro atoms. The first-order chi connectivity index (χ1) is 13.0. The minimum atomic E-state index is -0.199. The first-order valence-electron chi connectivity index (χ1n) is 9.46. The topological polar surface area (TPSA) is 47.6 Å². The molecule has 0 saturated heterocycles. The van der Waals surface area contributed by atoms with Crippen molar-refractivity contribution in [1.29, 1.82) is 0 Å². The standard InChI is InChI=1S/C22H28BrNO3/c1-4-5-13-26-19-9-7-18(8-10-19)24-22(25)20-15-17(23)6-11-21(20)27-14-12-16(2)3/h6-11,15-16H,4-5,12-14H2,1-3H3,(H,24,25). The second-order valence-electron chi connectivity index (χ2n) is 6.85. The first-order valence-corrected chi connectivity index (χ1v) is 10.3. The van der Waals surface area contributed by atoms with Crippen molar-refractivity contribution in [3.8, 4) is 11.5 Å². The summed E-state index contributed by atoms with van der Waals surface area (Å²) < 4.78 is 12.3. The van der Waals surface area contributed by atoms with Crippen molar-refractivity contribution in [2.24, 2.45) is 5.92 Å². The fourth-order valence-electron chi connectivity index (χ4n) is 2.38. The summed E-state index contributed by atoms with van der Waals surface area (Å²) in [5.41, 5.74) is 1.23. The molecular formula is C22H28BrNO3. The Labute approximate surface area is 170 Å². The molecular weight excluding hydrogens is 406 g/mol. The number of carbonyl (C=O) groups is 1. The average molecular weight is 434 g/mol. The number of amides is 1. The average Bonchev–Trinajstić information content (AvgIpc) is 2.64. The highest BCUT2D eigenvalue weighted by atomic mass is 79.9. The number of hydrogen-bond acceptors (Lipinski definition) is 3. The molecule has 5 heteroatoms. The third kappa shape index (κ3) is 7.25. The molecule has 2 aromatic carbocycles. The Hall–Kier alpha value is -2.01. The van der Waals surface area contributed by atoms with Gasteiger partial charge in [-0.25, -0.2) is 0 Å². The molecule has 0 radical (unpaired) electrons. The zero-order valence-corrected chi connectivity index (χ0v) is 17.8. The molecule has 0 fully saturated rings. The summed E-state index contributed by atoms with van der Waals surface area (Å²) >= 11 is 3.43. The summed E-state index contributed by atoms with van der Waals surface area (Å²) in [6.07, 6.45) is 3.07. The molecule has 27 heavy (non-hydrogen) atoms. The SMILES string of the molecule is CCCCOc1ccc(NC(=O)c2cc(Br)ccc2OCCC(C)C)cc1. The van der Waals surface area contributed by atoms with Gasteiger partial charge in [0.05, 0.1) is 18.8 Å². The van der Waals surface area contributed by atoms with Crippen molar-refractivity contribution in [2.45, 2.75) is 40.0 Å². The van der Waals surface area contributed by atoms with Gasteiger partial charge in [-0.2, -0.15) is 0 Å². The highest BCUT2D eigenvalue weighted by Gasteiger charge is 2.14. The van der Waals surface area contributed by atoms with Crippen LogP contribution < -0.4 is 14.8 Å². The van der Waals surface area contributed by atoms with Gasteiger partial charge in [0.15, 0.2) is 0 Å². The summed E-state index contributed by atoms with van der Waals surface area (Å²) in [6, 6.07) is 12.9. The van der Waals surface area contributed by atoms with Gasteiger partial charge in [-0.05, 0) is 61.2 Å². The summed E-state index contributed by atoms with van der Waals surface area (Å²) in [6.45, 7) is 7.72. The van der Waals surface area contributed by atoms with E-state index >= 15 is 0 Å². The Bertz CT molecular complexity index is 729. The predicted molar refractivity (Wildman–Crippen MR) is 114 cm³/mol. The van der Waals surface area contributed by atoms with Gasteiger partial charge in [0, 0.05) is 10.2 Å². The van der Waals surface area contributed by atoms with Gasteiger partial charge in [-0.3, -0.25) is 4.79 Å². The van der Waals surface area contributed by atoms with Crippen molar-refractivity contribution < 1.29 is 14.3 Å². The molecule has 0 aliphatic rings. The van der Waals surface area contributed by atoms with Crippen LogP contribution in [0.1, 0.15) is 50.4 Å². The molecule has 0 aromatic heterocycles. The Morgan fingerprint density at radius 3 is 2.48 bits per heavy atom. The van der Waals surface area contributed by atoms with Crippen LogP contribution in [-0.4, -0.2) is 19.1 Å². The van der Waals surface area contributed by atoms with Crippen molar-refractivity contribution in [3.63, 3.8) is 0 Å². The van der Waals surface area contributed by atoms with Crippen molar-refractivity contribution >= 4 is 27.5 Å². The molecule has 0 aliphatic carbocycles. The Morgan fingerprint density at radius 1 is 1.07 bits per heavy atom. The lowest BCUT2D eigenvalue weighted by Gasteiger charge is -2.13. The van der Waals surface area contributed by atoms with Crippen molar-refractivity contribution in [3.05, 3.63) is 52.5 Å². The molecule has 0 bridgehead atoms. The number of rotatable bonds is 10. The zero-order valence-electron chi connectivity index (χ0n) is 16.3. The maximum Gasteiger partial charge on any atom is 0.259 e. The fourth-order valence-corrected chi connectivity index (χ4v) is 2.74. The normalized spacial score (nSPS) is 10.7. The number of hydrogen-bond donors (Lipinski definition) is 1. The summed E-state index contributed by atoms with van der Waals surface area (Å²) in [4.78, 5) is 12.7. The summed E-state index contributed by atoms with van der Waals surface area (Å²) in [5.74, 6) is 1.75. The van der Waals surface area contributed by atoms with Crippen molar-refractivity contribution in [1.82, 2.24) is 0 Å². The fraction of sp³-hybridized carbons (Fsp3) is 0.409. The number of nitrogens with one attached hydrogen (secondary N) is 1. The quantitative estimate of drug-likeness (QED) is 0.446. The van der Waals surface area contributed by atoms with Gasteiger partial charge in [-0.1, -0.05) is 43.1 Å². The van der Waals surface area contributed by atoms with Crippen LogP contribution in [0.4, 0.5) is 5.69 Å². The third-order valence-electron chi connectivity index (χ3n) is 4.02. The molecule has 0 aliphatic heterocycles. The van der Waals surface area contributed by atoms with Crippen LogP contribution >= 0.6 is 15.9 Å². The first kappa shape index (κ1) is 21.3. The largest absolute Gasteiger partial charge is 0.494 e. The van der Waals surface area contributed by atoms with E-state index in [4.69, 9.17) is 9.47 Å². The monoisotopic (exact) mass is 433 g/mol. The lowest BCUT2D eigenvalue weighted by Crippen LogP contribution is -2.14. The maximum atomic E-state index is 12.7. The van der Waals surface area contributed by atoms with E-state index in [1.165, 1.54) is 0 Å². The Kier molecular flexibility index (Phi) is 8.65. The number of carbonyl (C=O) groups excluding carboxylic acids is 1. The van der Waals surface area contributed by atoms with E-state index in [2.05, 4.69) is 42.0 Å². The predicted octanol–water partition coefficient (Wildman–Crippen LogP) is 6.31. The number of ether oxygens (including phenoxy) is 2. The molecule has 0 saturated carbocycles. The number of anilines is 1. The number of halogens is 1. The third-order valence-corrected chi connectivity index (χ3v) is 4.51. The van der Waals surface area contributed by atoms with Gasteiger partial charge in [0.25, 0.3) is 5.91 Å². The molecule has 0 heterocycles. The lowest BCUT2D eigenvalue weighted by molar-refractivity contribution is 0.102. The van der Waals surface area contributed by atoms with Crippen LogP contribution in [0.3, 0.4) is 0 Å². The van der Waals surface area contributed by atoms with Crippen molar-refractivity contribution in [2.75, 3.05) is 18.5 Å². The zero-order chi connectivity index (χ0) is 19.6. The molecule has 2 rings (SSSR count). The minimum Gasteiger partial charge on any atom is -0.494 e. The van der Waals surface area contributed by atoms with Crippen LogP contribution in [-0.2, 0) is 0 Å². The van der Waals surface area contributed by atoms with Gasteiger partial charge >= 0.3 is 0 Å². The van der Waals surface area contributed by atoms with E-state index < -0.39 is 0 Å². The molecule has 1 amide bonds. The highest BCUT2D eigenvalue weighted by Crippen LogP contribution is 2.25. The number of benzene rings is 2. The second-order valence-corrected chi connectivity index (χ2v) is 7.77. The van der Waals surface area contributed by atoms with Crippen LogP contribution in [0.15, 0.2) is 46.9 Å². The van der Waals surface area contributed by atoms with E-state index in [1.54, 1.807) is 6.07 Å². The number of unbranched alkanes of at least 4 members (excludes halogenated alkanes) is 1. The van der Waals surface area contributed by atoms with E-state index in [0.717, 1.165) is 35.2 Å². The summed E-state index contributed by atoms with van der Waals surface area (Å²) in [7, 11) is 0. The Balaban J connectivity index is 2.03. The molecule has 2 aromatic rings. The highest BCUT2D eigenvalue weighted by molar-refractivity contribution is 9.10. The van der Waals surface area contributed by atoms with Crippen LogP contribution in [0.2, 0.25) is 0 Å². The van der Waals surface area contributed by atoms with Crippen LogP contribution in [0.5, 0.6) is 11.5 Å². The van der Waals surface area contributed by atoms with Gasteiger partial charge in [0.2, 0.25) is 0 Å². The van der Waals surface area contributed by atoms with E-state index in [9.17, 15) is 4.79 Å². The lowest BCUT2D eigenvalue weighted by atomic mass is 10.1. The molecule has 0 atom stereocenters. The molecule has 4 nitrogen and oxygen atoms in total.